The molecular formula is C15H16F2N4O. The number of carbonyl (C=O) groups is 1. The van der Waals surface area contributed by atoms with Gasteiger partial charge in [0, 0.05) is 13.1 Å². The van der Waals surface area contributed by atoms with Crippen LogP contribution in [-0.4, -0.2) is 34.1 Å². The highest BCUT2D eigenvalue weighted by Gasteiger charge is 2.15. The van der Waals surface area contributed by atoms with Gasteiger partial charge in [0.15, 0.2) is 11.5 Å². The molecule has 1 N–H and O–H groups in total. The summed E-state index contributed by atoms with van der Waals surface area (Å²) >= 11 is 0. The van der Waals surface area contributed by atoms with Crippen LogP contribution in [0.5, 0.6) is 0 Å². The van der Waals surface area contributed by atoms with E-state index in [0.29, 0.717) is 13.1 Å². The summed E-state index contributed by atoms with van der Waals surface area (Å²) in [6.45, 7) is 4.87. The lowest BCUT2D eigenvalue weighted by Gasteiger charge is -2.17. The van der Waals surface area contributed by atoms with Gasteiger partial charge in [-0.25, -0.2) is 8.78 Å². The van der Waals surface area contributed by atoms with Gasteiger partial charge in [0.05, 0.1) is 0 Å². The van der Waals surface area contributed by atoms with Crippen molar-refractivity contribution in [2.45, 2.75) is 13.8 Å². The Morgan fingerprint density at radius 3 is 2.23 bits per heavy atom. The molecule has 0 unspecified atom stereocenters. The molecule has 116 valence electrons. The molecule has 0 atom stereocenters. The molecule has 1 heterocycles. The van der Waals surface area contributed by atoms with Gasteiger partial charge in [-0.1, -0.05) is 6.07 Å². The average Bonchev–Trinajstić information content (AvgIpc) is 2.53. The minimum absolute atomic E-state index is 0.153. The number of para-hydroxylation sites is 1. The Morgan fingerprint density at radius 1 is 1.09 bits per heavy atom. The predicted molar refractivity (Wildman–Crippen MR) is 78.9 cm³/mol. The fraction of sp³-hybridized carbons (Fsp3) is 0.267. The number of nitrogens with zero attached hydrogens (tertiary/aromatic N) is 3. The van der Waals surface area contributed by atoms with Crippen LogP contribution in [0.1, 0.15) is 24.3 Å². The van der Waals surface area contributed by atoms with Crippen molar-refractivity contribution in [2.75, 3.05) is 18.4 Å². The largest absolute Gasteiger partial charge is 0.338 e. The molecule has 0 saturated carbocycles. The van der Waals surface area contributed by atoms with E-state index in [2.05, 4.69) is 15.5 Å². The summed E-state index contributed by atoms with van der Waals surface area (Å²) in [4.78, 5) is 13.7. The quantitative estimate of drug-likeness (QED) is 0.922. The van der Waals surface area contributed by atoms with Crippen LogP contribution in [0.25, 0.3) is 0 Å². The van der Waals surface area contributed by atoms with Crippen LogP contribution >= 0.6 is 0 Å². The van der Waals surface area contributed by atoms with Crippen LogP contribution in [0.4, 0.5) is 20.3 Å². The van der Waals surface area contributed by atoms with Crippen molar-refractivity contribution in [3.63, 3.8) is 0 Å². The summed E-state index contributed by atoms with van der Waals surface area (Å²) in [6, 6.07) is 6.46. The smallest absolute Gasteiger partial charge is 0.274 e. The van der Waals surface area contributed by atoms with Crippen molar-refractivity contribution in [1.29, 1.82) is 0 Å². The lowest BCUT2D eigenvalue weighted by molar-refractivity contribution is 0.0766. The summed E-state index contributed by atoms with van der Waals surface area (Å²) in [7, 11) is 0. The van der Waals surface area contributed by atoms with Gasteiger partial charge in [-0.15, -0.1) is 10.2 Å². The first-order chi connectivity index (χ1) is 10.6. The maximum atomic E-state index is 13.5. The van der Waals surface area contributed by atoms with Crippen LogP contribution < -0.4 is 5.32 Å². The summed E-state index contributed by atoms with van der Waals surface area (Å²) in [5.74, 6) is -1.54. The molecule has 1 aromatic carbocycles. The molecule has 1 aromatic heterocycles. The highest BCUT2D eigenvalue weighted by molar-refractivity contribution is 5.92. The monoisotopic (exact) mass is 306 g/mol. The Morgan fingerprint density at radius 2 is 1.73 bits per heavy atom. The van der Waals surface area contributed by atoms with Crippen LogP contribution in [0.3, 0.4) is 0 Å². The average molecular weight is 306 g/mol. The highest BCUT2D eigenvalue weighted by Crippen LogP contribution is 2.21. The number of carbonyl (C=O) groups excluding carboxylic acids is 1. The van der Waals surface area contributed by atoms with Gasteiger partial charge >= 0.3 is 0 Å². The lowest BCUT2D eigenvalue weighted by atomic mass is 10.3. The summed E-state index contributed by atoms with van der Waals surface area (Å²) in [6.07, 6.45) is 0. The zero-order valence-electron chi connectivity index (χ0n) is 12.3. The van der Waals surface area contributed by atoms with Gasteiger partial charge in [0.25, 0.3) is 5.91 Å². The third-order valence-electron chi connectivity index (χ3n) is 3.15. The van der Waals surface area contributed by atoms with E-state index < -0.39 is 11.6 Å². The number of halogens is 2. The summed E-state index contributed by atoms with van der Waals surface area (Å²) in [5, 5.41) is 10.1. The number of anilines is 2. The minimum atomic E-state index is -0.731. The molecule has 0 aliphatic rings. The molecule has 0 aliphatic carbocycles. The standard InChI is InChI=1S/C15H16F2N4O/c1-3-21(4-2)15(22)12-8-9-13(20-19-12)18-14-10(16)6-5-7-11(14)17/h5-9H,3-4H2,1-2H3,(H,18,20). The number of hydrogen-bond donors (Lipinski definition) is 1. The number of hydrogen-bond acceptors (Lipinski definition) is 4. The topological polar surface area (TPSA) is 58.1 Å². The first-order valence-electron chi connectivity index (χ1n) is 6.90. The van der Waals surface area contributed by atoms with Crippen molar-refractivity contribution >= 4 is 17.4 Å². The van der Waals surface area contributed by atoms with Crippen molar-refractivity contribution in [1.82, 2.24) is 15.1 Å². The van der Waals surface area contributed by atoms with Crippen molar-refractivity contribution in [3.8, 4) is 0 Å². The molecule has 22 heavy (non-hydrogen) atoms. The lowest BCUT2D eigenvalue weighted by Crippen LogP contribution is -2.31. The normalized spacial score (nSPS) is 10.4. The molecule has 0 radical (unpaired) electrons. The molecule has 0 aliphatic heterocycles. The molecule has 0 saturated heterocycles. The molecule has 2 rings (SSSR count). The zero-order valence-corrected chi connectivity index (χ0v) is 12.3. The van der Waals surface area contributed by atoms with E-state index in [1.54, 1.807) is 4.90 Å². The van der Waals surface area contributed by atoms with Gasteiger partial charge in [-0.05, 0) is 38.1 Å². The Hall–Kier alpha value is -2.57. The van der Waals surface area contributed by atoms with E-state index in [-0.39, 0.29) is 23.1 Å². The molecule has 0 fully saturated rings. The molecular weight excluding hydrogens is 290 g/mol. The molecule has 0 spiro atoms. The van der Waals surface area contributed by atoms with Gasteiger partial charge < -0.3 is 10.2 Å². The Balaban J connectivity index is 2.17. The number of aromatic nitrogens is 2. The molecule has 1 amide bonds. The predicted octanol–water partition coefficient (Wildman–Crippen LogP) is 2.98. The van der Waals surface area contributed by atoms with E-state index in [1.807, 2.05) is 13.8 Å². The number of amides is 1. The SMILES string of the molecule is CCN(CC)C(=O)c1ccc(Nc2c(F)cccc2F)nn1. The first-order valence-corrected chi connectivity index (χ1v) is 6.90. The second-order valence-electron chi connectivity index (χ2n) is 4.50. The van der Waals surface area contributed by atoms with E-state index in [1.165, 1.54) is 18.2 Å². The molecule has 5 nitrogen and oxygen atoms in total. The summed E-state index contributed by atoms with van der Waals surface area (Å²) in [5.41, 5.74) is -0.122. The maximum Gasteiger partial charge on any atom is 0.274 e. The highest BCUT2D eigenvalue weighted by atomic mass is 19.1. The Kier molecular flexibility index (Phi) is 4.98. The van der Waals surface area contributed by atoms with Crippen LogP contribution in [0.2, 0.25) is 0 Å². The maximum absolute atomic E-state index is 13.5. The molecule has 7 heteroatoms. The second-order valence-corrected chi connectivity index (χ2v) is 4.50. The van der Waals surface area contributed by atoms with Crippen molar-refractivity contribution < 1.29 is 13.6 Å². The fourth-order valence-corrected chi connectivity index (χ4v) is 1.93. The number of nitrogens with one attached hydrogen (secondary N) is 1. The third kappa shape index (κ3) is 3.36. The fourth-order valence-electron chi connectivity index (χ4n) is 1.93. The van der Waals surface area contributed by atoms with Gasteiger partial charge in [0.1, 0.15) is 17.3 Å². The van der Waals surface area contributed by atoms with E-state index >= 15 is 0 Å². The van der Waals surface area contributed by atoms with Gasteiger partial charge in [-0.2, -0.15) is 0 Å². The Labute approximate surface area is 127 Å². The van der Waals surface area contributed by atoms with Crippen molar-refractivity contribution in [2.24, 2.45) is 0 Å². The van der Waals surface area contributed by atoms with E-state index in [4.69, 9.17) is 0 Å². The van der Waals surface area contributed by atoms with E-state index in [9.17, 15) is 13.6 Å². The number of benzene rings is 1. The summed E-state index contributed by atoms with van der Waals surface area (Å²) < 4.78 is 27.1. The third-order valence-corrected chi connectivity index (χ3v) is 3.15. The van der Waals surface area contributed by atoms with Crippen LogP contribution in [-0.2, 0) is 0 Å². The second kappa shape index (κ2) is 6.93. The van der Waals surface area contributed by atoms with Crippen molar-refractivity contribution in [3.05, 3.63) is 47.7 Å². The molecule has 2 aromatic rings. The minimum Gasteiger partial charge on any atom is -0.338 e. The van der Waals surface area contributed by atoms with Crippen LogP contribution in [0.15, 0.2) is 30.3 Å². The van der Waals surface area contributed by atoms with E-state index in [0.717, 1.165) is 12.1 Å². The zero-order chi connectivity index (χ0) is 16.1. The number of rotatable bonds is 5. The Bertz CT molecular complexity index is 637. The van der Waals surface area contributed by atoms with Gasteiger partial charge in [-0.3, -0.25) is 4.79 Å². The van der Waals surface area contributed by atoms with Gasteiger partial charge in [0.2, 0.25) is 0 Å². The molecule has 0 bridgehead atoms. The first kappa shape index (κ1) is 15.8. The van der Waals surface area contributed by atoms with Crippen LogP contribution in [0, 0.1) is 11.6 Å².